The minimum absolute atomic E-state index is 0.194. The van der Waals surface area contributed by atoms with E-state index < -0.39 is 0 Å². The van der Waals surface area contributed by atoms with E-state index in [9.17, 15) is 0 Å². The zero-order valence-corrected chi connectivity index (χ0v) is 21.0. The second kappa shape index (κ2) is 10.7. The van der Waals surface area contributed by atoms with Crippen molar-refractivity contribution in [1.82, 2.24) is 20.3 Å². The zero-order valence-electron chi connectivity index (χ0n) is 20.2. The number of nitrogens with zero attached hydrogens (tertiary/aromatic N) is 3. The molecule has 35 heavy (non-hydrogen) atoms. The van der Waals surface area contributed by atoms with Crippen LogP contribution in [0.3, 0.4) is 0 Å². The third-order valence-corrected chi connectivity index (χ3v) is 7.68. The van der Waals surface area contributed by atoms with Gasteiger partial charge in [0.05, 0.1) is 18.2 Å². The number of aryl methyl sites for hydroxylation is 3. The molecule has 0 saturated carbocycles. The van der Waals surface area contributed by atoms with Crippen LogP contribution in [0.25, 0.3) is 10.2 Å². The molecule has 7 nitrogen and oxygen atoms in total. The third-order valence-electron chi connectivity index (χ3n) is 6.52. The minimum Gasteiger partial charge on any atom is -0.455 e. The van der Waals surface area contributed by atoms with Gasteiger partial charge in [-0.3, -0.25) is 4.98 Å². The average molecular weight is 490 g/mol. The molecule has 4 aromatic rings. The molecule has 0 fully saturated rings. The largest absolute Gasteiger partial charge is 0.455 e. The maximum Gasteiger partial charge on any atom is 0.145 e. The van der Waals surface area contributed by atoms with Crippen LogP contribution in [-0.4, -0.2) is 39.8 Å². The van der Waals surface area contributed by atoms with E-state index >= 15 is 0 Å². The SMILES string of the molecule is Cc1ccc(Oc2ccc(Nc3ncnc4sc5c(c34)CCC(CCNCCO)C5)cc2C)cn1. The summed E-state index contributed by atoms with van der Waals surface area (Å²) >= 11 is 1.80. The lowest BCUT2D eigenvalue weighted by molar-refractivity contribution is 0.289. The van der Waals surface area contributed by atoms with Gasteiger partial charge in [-0.1, -0.05) is 0 Å². The van der Waals surface area contributed by atoms with E-state index in [1.807, 2.05) is 38.1 Å². The Kier molecular flexibility index (Phi) is 7.22. The Bertz CT molecular complexity index is 1310. The van der Waals surface area contributed by atoms with Crippen molar-refractivity contribution >= 4 is 33.1 Å². The Hall–Kier alpha value is -3.07. The van der Waals surface area contributed by atoms with Crippen LogP contribution >= 0.6 is 11.3 Å². The second-order valence-electron chi connectivity index (χ2n) is 9.12. The van der Waals surface area contributed by atoms with Crippen molar-refractivity contribution in [3.8, 4) is 11.5 Å². The van der Waals surface area contributed by atoms with E-state index in [1.54, 1.807) is 23.9 Å². The molecule has 1 unspecified atom stereocenters. The number of anilines is 2. The van der Waals surface area contributed by atoms with Crippen LogP contribution in [0.2, 0.25) is 0 Å². The number of aliphatic hydroxyl groups is 1. The summed E-state index contributed by atoms with van der Waals surface area (Å²) < 4.78 is 6.02. The number of benzene rings is 1. The molecule has 3 heterocycles. The van der Waals surface area contributed by atoms with E-state index in [-0.39, 0.29) is 6.61 Å². The molecule has 3 aromatic heterocycles. The fraction of sp³-hybridized carbons (Fsp3) is 0.370. The highest BCUT2D eigenvalue weighted by molar-refractivity contribution is 7.19. The van der Waals surface area contributed by atoms with Crippen LogP contribution < -0.4 is 15.4 Å². The second-order valence-corrected chi connectivity index (χ2v) is 10.2. The molecular weight excluding hydrogens is 458 g/mol. The van der Waals surface area contributed by atoms with E-state index in [0.717, 1.165) is 70.3 Å². The Labute approximate surface area is 209 Å². The first-order valence-electron chi connectivity index (χ1n) is 12.2. The van der Waals surface area contributed by atoms with Crippen LogP contribution in [0.5, 0.6) is 11.5 Å². The van der Waals surface area contributed by atoms with Gasteiger partial charge in [0.15, 0.2) is 0 Å². The van der Waals surface area contributed by atoms with Crippen molar-refractivity contribution in [3.05, 3.63) is 64.6 Å². The lowest BCUT2D eigenvalue weighted by Crippen LogP contribution is -2.23. The molecular formula is C27H31N5O2S. The van der Waals surface area contributed by atoms with Crippen molar-refractivity contribution in [2.75, 3.05) is 25.0 Å². The first-order valence-corrected chi connectivity index (χ1v) is 13.0. The predicted octanol–water partition coefficient (Wildman–Crippen LogP) is 5.32. The van der Waals surface area contributed by atoms with Gasteiger partial charge in [-0.2, -0.15) is 0 Å². The summed E-state index contributed by atoms with van der Waals surface area (Å²) in [5.74, 6) is 3.07. The summed E-state index contributed by atoms with van der Waals surface area (Å²) in [7, 11) is 0. The number of aliphatic hydroxyl groups excluding tert-OH is 1. The molecule has 1 atom stereocenters. The van der Waals surface area contributed by atoms with E-state index in [2.05, 4.69) is 31.7 Å². The van der Waals surface area contributed by atoms with Gasteiger partial charge < -0.3 is 20.5 Å². The van der Waals surface area contributed by atoms with Crippen molar-refractivity contribution in [2.24, 2.45) is 5.92 Å². The summed E-state index contributed by atoms with van der Waals surface area (Å²) in [5, 5.41) is 17.0. The van der Waals surface area contributed by atoms with Crippen molar-refractivity contribution < 1.29 is 9.84 Å². The number of fused-ring (bicyclic) bond motifs is 3. The highest BCUT2D eigenvalue weighted by atomic mass is 32.1. The smallest absolute Gasteiger partial charge is 0.145 e. The molecule has 0 radical (unpaired) electrons. The number of hydrogen-bond acceptors (Lipinski definition) is 8. The number of pyridine rings is 1. The van der Waals surface area contributed by atoms with Crippen LogP contribution in [0.4, 0.5) is 11.5 Å². The van der Waals surface area contributed by atoms with E-state index in [1.165, 1.54) is 16.9 Å². The summed E-state index contributed by atoms with van der Waals surface area (Å²) in [6.45, 7) is 5.82. The highest BCUT2D eigenvalue weighted by Crippen LogP contribution is 2.41. The lowest BCUT2D eigenvalue weighted by Gasteiger charge is -2.22. The summed E-state index contributed by atoms with van der Waals surface area (Å²) in [6.07, 6.45) is 7.85. The molecule has 1 aromatic carbocycles. The Morgan fingerprint density at radius 3 is 2.83 bits per heavy atom. The van der Waals surface area contributed by atoms with Crippen LogP contribution in [0.1, 0.15) is 34.5 Å². The molecule has 0 amide bonds. The molecule has 0 aliphatic heterocycles. The molecule has 8 heteroatoms. The quantitative estimate of drug-likeness (QED) is 0.274. The first-order chi connectivity index (χ1) is 17.1. The van der Waals surface area contributed by atoms with Gasteiger partial charge in [0.25, 0.3) is 0 Å². The van der Waals surface area contributed by atoms with Crippen LogP contribution in [0.15, 0.2) is 42.9 Å². The first kappa shape index (κ1) is 23.7. The Balaban J connectivity index is 1.32. The molecule has 0 spiro atoms. The maximum atomic E-state index is 8.95. The number of ether oxygens (including phenoxy) is 1. The van der Waals surface area contributed by atoms with E-state index in [0.29, 0.717) is 12.5 Å². The zero-order chi connectivity index (χ0) is 24.2. The topological polar surface area (TPSA) is 92.2 Å². The number of aromatic nitrogens is 3. The average Bonchev–Trinajstić information content (AvgIpc) is 3.23. The Morgan fingerprint density at radius 1 is 1.11 bits per heavy atom. The van der Waals surface area contributed by atoms with E-state index in [4.69, 9.17) is 9.84 Å². The maximum absolute atomic E-state index is 8.95. The molecule has 1 aliphatic carbocycles. The molecule has 0 saturated heterocycles. The number of thiophene rings is 1. The lowest BCUT2D eigenvalue weighted by atomic mass is 9.86. The minimum atomic E-state index is 0.194. The fourth-order valence-corrected chi connectivity index (χ4v) is 5.95. The number of rotatable bonds is 9. The van der Waals surface area contributed by atoms with Crippen molar-refractivity contribution in [3.63, 3.8) is 0 Å². The monoisotopic (exact) mass is 489 g/mol. The molecule has 3 N–H and O–H groups in total. The van der Waals surface area contributed by atoms with Crippen LogP contribution in [-0.2, 0) is 12.8 Å². The number of nitrogens with one attached hydrogen (secondary N) is 2. The van der Waals surface area contributed by atoms with Crippen LogP contribution in [0, 0.1) is 19.8 Å². The summed E-state index contributed by atoms with van der Waals surface area (Å²) in [5.41, 5.74) is 4.37. The number of hydrogen-bond donors (Lipinski definition) is 3. The van der Waals surface area contributed by atoms with Crippen molar-refractivity contribution in [2.45, 2.75) is 39.5 Å². The van der Waals surface area contributed by atoms with Gasteiger partial charge in [0.1, 0.15) is 28.5 Å². The van der Waals surface area contributed by atoms with Gasteiger partial charge in [-0.15, -0.1) is 11.3 Å². The molecule has 1 aliphatic rings. The summed E-state index contributed by atoms with van der Waals surface area (Å²) in [4.78, 5) is 16.0. The third kappa shape index (κ3) is 5.45. The standard InChI is InChI=1S/C27H31N5O2S/c1-17-13-20(5-8-23(17)34-21-6-3-18(2)29-15-21)32-26-25-22-7-4-19(9-10-28-11-12-33)14-24(22)35-27(25)31-16-30-26/h3,5-6,8,13,15-16,19,28,33H,4,7,9-12,14H2,1-2H3,(H,30,31,32). The molecule has 0 bridgehead atoms. The fourth-order valence-electron chi connectivity index (χ4n) is 4.65. The van der Waals surface area contributed by atoms with Gasteiger partial charge in [-0.05, 0) is 93.5 Å². The van der Waals surface area contributed by atoms with Gasteiger partial charge in [0.2, 0.25) is 0 Å². The predicted molar refractivity (Wildman–Crippen MR) is 141 cm³/mol. The Morgan fingerprint density at radius 2 is 2.03 bits per heavy atom. The molecule has 182 valence electrons. The molecule has 5 rings (SSSR count). The van der Waals surface area contributed by atoms with Gasteiger partial charge in [0, 0.05) is 22.8 Å². The van der Waals surface area contributed by atoms with Gasteiger partial charge in [-0.25, -0.2) is 9.97 Å². The summed E-state index contributed by atoms with van der Waals surface area (Å²) in [6, 6.07) is 9.96. The van der Waals surface area contributed by atoms with Crippen molar-refractivity contribution in [1.29, 1.82) is 0 Å². The van der Waals surface area contributed by atoms with Gasteiger partial charge >= 0.3 is 0 Å². The normalized spacial score (nSPS) is 15.2. The highest BCUT2D eigenvalue weighted by Gasteiger charge is 2.25.